The Morgan fingerprint density at radius 2 is 2.10 bits per heavy atom. The number of nitrogens with zero attached hydrogens (tertiary/aromatic N) is 2. The Kier molecular flexibility index (Phi) is 4.75. The molecule has 0 aliphatic carbocycles. The van der Waals surface area contributed by atoms with Gasteiger partial charge in [0.05, 0.1) is 12.3 Å². The van der Waals surface area contributed by atoms with Gasteiger partial charge in [-0.1, -0.05) is 17.7 Å². The summed E-state index contributed by atoms with van der Waals surface area (Å²) in [7, 11) is 3.45. The molecule has 2 rings (SSSR count). The maximum atomic E-state index is 12.0. The van der Waals surface area contributed by atoms with Crippen molar-refractivity contribution >= 4 is 5.91 Å². The molecule has 112 valence electrons. The van der Waals surface area contributed by atoms with E-state index in [-0.39, 0.29) is 5.91 Å². The van der Waals surface area contributed by atoms with Crippen LogP contribution >= 0.6 is 0 Å². The summed E-state index contributed by atoms with van der Waals surface area (Å²) >= 11 is 0. The number of benzene rings is 1. The third-order valence-corrected chi connectivity index (χ3v) is 3.37. The van der Waals surface area contributed by atoms with Gasteiger partial charge in [-0.3, -0.25) is 9.48 Å². The maximum absolute atomic E-state index is 12.0. The van der Waals surface area contributed by atoms with Crippen molar-refractivity contribution in [3.8, 4) is 11.3 Å². The Balaban J connectivity index is 2.27. The number of carbonyl (C=O) groups is 1. The zero-order chi connectivity index (χ0) is 15.4. The SMILES string of the molecule is COCCNC(=O)c1cc(-c2cc(C)ccc2C)n(C)n1. The first-order valence-corrected chi connectivity index (χ1v) is 6.91. The third-order valence-electron chi connectivity index (χ3n) is 3.37. The second-order valence-corrected chi connectivity index (χ2v) is 5.11. The molecule has 21 heavy (non-hydrogen) atoms. The van der Waals surface area contributed by atoms with Crippen molar-refractivity contribution in [2.75, 3.05) is 20.3 Å². The highest BCUT2D eigenvalue weighted by atomic mass is 16.5. The van der Waals surface area contributed by atoms with Crippen molar-refractivity contribution in [2.24, 2.45) is 7.05 Å². The molecule has 0 atom stereocenters. The topological polar surface area (TPSA) is 56.1 Å². The molecule has 1 aromatic heterocycles. The molecule has 5 heteroatoms. The smallest absolute Gasteiger partial charge is 0.271 e. The number of amides is 1. The van der Waals surface area contributed by atoms with E-state index < -0.39 is 0 Å². The number of ether oxygens (including phenoxy) is 1. The summed E-state index contributed by atoms with van der Waals surface area (Å²) in [4.78, 5) is 12.0. The van der Waals surface area contributed by atoms with Gasteiger partial charge in [-0.05, 0) is 31.5 Å². The van der Waals surface area contributed by atoms with Gasteiger partial charge in [0, 0.05) is 26.3 Å². The molecule has 0 bridgehead atoms. The molecule has 0 saturated carbocycles. The molecule has 2 aromatic rings. The van der Waals surface area contributed by atoms with Gasteiger partial charge in [0.25, 0.3) is 5.91 Å². The second kappa shape index (κ2) is 6.54. The van der Waals surface area contributed by atoms with E-state index in [0.29, 0.717) is 18.8 Å². The summed E-state index contributed by atoms with van der Waals surface area (Å²) < 4.78 is 6.66. The van der Waals surface area contributed by atoms with Crippen LogP contribution in [0.5, 0.6) is 0 Å². The summed E-state index contributed by atoms with van der Waals surface area (Å²) in [6.45, 7) is 5.07. The van der Waals surface area contributed by atoms with Gasteiger partial charge in [0.2, 0.25) is 0 Å². The maximum Gasteiger partial charge on any atom is 0.271 e. The van der Waals surface area contributed by atoms with Crippen LogP contribution in [0, 0.1) is 13.8 Å². The minimum atomic E-state index is -0.181. The first-order valence-electron chi connectivity index (χ1n) is 6.91. The van der Waals surface area contributed by atoms with Crippen molar-refractivity contribution in [1.82, 2.24) is 15.1 Å². The monoisotopic (exact) mass is 287 g/mol. The number of hydrogen-bond acceptors (Lipinski definition) is 3. The Hall–Kier alpha value is -2.14. The molecule has 0 fully saturated rings. The molecular formula is C16H21N3O2. The molecule has 1 heterocycles. The number of carbonyl (C=O) groups excluding carboxylic acids is 1. The predicted molar refractivity (Wildman–Crippen MR) is 82.3 cm³/mol. The van der Waals surface area contributed by atoms with Crippen LogP contribution < -0.4 is 5.32 Å². The van der Waals surface area contributed by atoms with Crippen molar-refractivity contribution in [3.05, 3.63) is 41.1 Å². The molecule has 0 spiro atoms. The van der Waals surface area contributed by atoms with Crippen molar-refractivity contribution in [3.63, 3.8) is 0 Å². The van der Waals surface area contributed by atoms with Crippen molar-refractivity contribution < 1.29 is 9.53 Å². The number of hydrogen-bond donors (Lipinski definition) is 1. The first-order chi connectivity index (χ1) is 10.0. The van der Waals surface area contributed by atoms with Crippen molar-refractivity contribution in [2.45, 2.75) is 13.8 Å². The molecule has 0 radical (unpaired) electrons. The zero-order valence-electron chi connectivity index (χ0n) is 12.9. The standard InChI is InChI=1S/C16H21N3O2/c1-11-5-6-12(2)13(9-11)15-10-14(18-19(15)3)16(20)17-7-8-21-4/h5-6,9-10H,7-8H2,1-4H3,(H,17,20). The lowest BCUT2D eigenvalue weighted by Gasteiger charge is -2.06. The Bertz CT molecular complexity index is 647. The van der Waals surface area contributed by atoms with Crippen LogP contribution in [0.2, 0.25) is 0 Å². The highest BCUT2D eigenvalue weighted by Gasteiger charge is 2.14. The van der Waals surface area contributed by atoms with Crippen LogP contribution in [0.4, 0.5) is 0 Å². The summed E-state index contributed by atoms with van der Waals surface area (Å²) in [5, 5.41) is 7.08. The molecule has 5 nitrogen and oxygen atoms in total. The highest BCUT2D eigenvalue weighted by molar-refractivity contribution is 5.93. The molecule has 0 aliphatic heterocycles. The van der Waals surface area contributed by atoms with Gasteiger partial charge < -0.3 is 10.1 Å². The van der Waals surface area contributed by atoms with E-state index >= 15 is 0 Å². The fourth-order valence-corrected chi connectivity index (χ4v) is 2.20. The fraction of sp³-hybridized carbons (Fsp3) is 0.375. The normalized spacial score (nSPS) is 10.7. The zero-order valence-corrected chi connectivity index (χ0v) is 12.9. The van der Waals surface area contributed by atoms with Gasteiger partial charge in [-0.15, -0.1) is 0 Å². The number of nitrogens with one attached hydrogen (secondary N) is 1. The van der Waals surface area contributed by atoms with Crippen LogP contribution in [-0.2, 0) is 11.8 Å². The van der Waals surface area contributed by atoms with E-state index in [4.69, 9.17) is 4.74 Å². The van der Waals surface area contributed by atoms with E-state index in [1.54, 1.807) is 11.8 Å². The molecule has 1 amide bonds. The lowest BCUT2D eigenvalue weighted by molar-refractivity contribution is 0.0931. The van der Waals surface area contributed by atoms with Crippen LogP contribution in [-0.4, -0.2) is 35.9 Å². The number of methoxy groups -OCH3 is 1. The van der Waals surface area contributed by atoms with Gasteiger partial charge >= 0.3 is 0 Å². The summed E-state index contributed by atoms with van der Waals surface area (Å²) in [6.07, 6.45) is 0. The van der Waals surface area contributed by atoms with Crippen LogP contribution in [0.15, 0.2) is 24.3 Å². The third kappa shape index (κ3) is 3.49. The molecule has 1 aromatic carbocycles. The first kappa shape index (κ1) is 15.3. The van der Waals surface area contributed by atoms with E-state index in [0.717, 1.165) is 16.8 Å². The van der Waals surface area contributed by atoms with Crippen molar-refractivity contribution in [1.29, 1.82) is 0 Å². The van der Waals surface area contributed by atoms with E-state index in [9.17, 15) is 4.79 Å². The predicted octanol–water partition coefficient (Wildman–Crippen LogP) is 2.08. The van der Waals surface area contributed by atoms with Crippen LogP contribution in [0.3, 0.4) is 0 Å². The van der Waals surface area contributed by atoms with Gasteiger partial charge in [-0.2, -0.15) is 5.10 Å². The quantitative estimate of drug-likeness (QED) is 0.857. The van der Waals surface area contributed by atoms with Gasteiger partial charge in [0.1, 0.15) is 0 Å². The summed E-state index contributed by atoms with van der Waals surface area (Å²) in [6, 6.07) is 8.09. The molecule has 1 N–H and O–H groups in total. The van der Waals surface area contributed by atoms with E-state index in [2.05, 4.69) is 42.5 Å². The second-order valence-electron chi connectivity index (χ2n) is 5.11. The average Bonchev–Trinajstić information content (AvgIpc) is 2.84. The Morgan fingerprint density at radius 3 is 2.81 bits per heavy atom. The van der Waals surface area contributed by atoms with Gasteiger partial charge in [0.15, 0.2) is 5.69 Å². The van der Waals surface area contributed by atoms with Crippen LogP contribution in [0.25, 0.3) is 11.3 Å². The highest BCUT2D eigenvalue weighted by Crippen LogP contribution is 2.24. The summed E-state index contributed by atoms with van der Waals surface area (Å²) in [5.74, 6) is -0.181. The number of aromatic nitrogens is 2. The summed E-state index contributed by atoms with van der Waals surface area (Å²) in [5.41, 5.74) is 4.80. The number of aryl methyl sites for hydroxylation is 3. The lowest BCUT2D eigenvalue weighted by atomic mass is 10.0. The number of rotatable bonds is 5. The van der Waals surface area contributed by atoms with E-state index in [1.165, 1.54) is 5.56 Å². The fourth-order valence-electron chi connectivity index (χ4n) is 2.20. The minimum absolute atomic E-state index is 0.181. The molecular weight excluding hydrogens is 266 g/mol. The minimum Gasteiger partial charge on any atom is -0.383 e. The molecule has 0 saturated heterocycles. The molecule has 0 unspecified atom stereocenters. The van der Waals surface area contributed by atoms with E-state index in [1.807, 2.05) is 13.1 Å². The average molecular weight is 287 g/mol. The Morgan fingerprint density at radius 1 is 1.33 bits per heavy atom. The van der Waals surface area contributed by atoms with Gasteiger partial charge in [-0.25, -0.2) is 0 Å². The Labute approximate surface area is 124 Å². The largest absolute Gasteiger partial charge is 0.383 e. The lowest BCUT2D eigenvalue weighted by Crippen LogP contribution is -2.27. The molecule has 0 aliphatic rings. The van der Waals surface area contributed by atoms with Crippen LogP contribution in [0.1, 0.15) is 21.6 Å².